The first-order valence-electron chi connectivity index (χ1n) is 5.80. The Kier molecular flexibility index (Phi) is 6.33. The lowest BCUT2D eigenvalue weighted by atomic mass is 9.98. The van der Waals surface area contributed by atoms with Crippen LogP contribution in [-0.2, 0) is 10.3 Å². The van der Waals surface area contributed by atoms with E-state index in [0.717, 1.165) is 10.0 Å². The van der Waals surface area contributed by atoms with E-state index in [1.54, 1.807) is 0 Å². The van der Waals surface area contributed by atoms with Gasteiger partial charge in [0, 0.05) is 22.8 Å². The minimum absolute atomic E-state index is 0.0312. The molecule has 108 valence electrons. The summed E-state index contributed by atoms with van der Waals surface area (Å²) in [6, 6.07) is 7.54. The molecular weight excluding hydrogens is 389 g/mol. The number of hydrogen-bond acceptors (Lipinski definition) is 1. The van der Waals surface area contributed by atoms with E-state index < -0.39 is 18.2 Å². The molecule has 1 rings (SSSR count). The lowest BCUT2D eigenvalue weighted by Gasteiger charge is -2.29. The Hall–Kier alpha value is -0.0700. The van der Waals surface area contributed by atoms with Crippen molar-refractivity contribution in [3.63, 3.8) is 0 Å². The molecular formula is C13H15Br2F3O. The number of benzene rings is 1. The lowest BCUT2D eigenvalue weighted by Crippen LogP contribution is -2.29. The molecule has 0 bridgehead atoms. The van der Waals surface area contributed by atoms with Crippen molar-refractivity contribution < 1.29 is 17.9 Å². The number of halogens is 5. The molecule has 6 heteroatoms. The summed E-state index contributed by atoms with van der Waals surface area (Å²) in [6.45, 7) is 1.93. The van der Waals surface area contributed by atoms with Crippen LogP contribution >= 0.6 is 31.9 Å². The first-order valence-corrected chi connectivity index (χ1v) is 7.71. The van der Waals surface area contributed by atoms with Crippen LogP contribution in [0.25, 0.3) is 0 Å². The van der Waals surface area contributed by atoms with Crippen LogP contribution in [0.3, 0.4) is 0 Å². The largest absolute Gasteiger partial charge is 0.389 e. The van der Waals surface area contributed by atoms with Crippen molar-refractivity contribution in [2.45, 2.75) is 31.5 Å². The highest BCUT2D eigenvalue weighted by atomic mass is 79.9. The summed E-state index contributed by atoms with van der Waals surface area (Å²) in [4.78, 5) is 0. The van der Waals surface area contributed by atoms with Gasteiger partial charge in [-0.15, -0.1) is 0 Å². The summed E-state index contributed by atoms with van der Waals surface area (Å²) in [5, 5.41) is 0.509. The van der Waals surface area contributed by atoms with Gasteiger partial charge < -0.3 is 4.74 Å². The summed E-state index contributed by atoms with van der Waals surface area (Å²) < 4.78 is 42.8. The van der Waals surface area contributed by atoms with Crippen LogP contribution in [0.4, 0.5) is 13.2 Å². The van der Waals surface area contributed by atoms with Crippen molar-refractivity contribution in [3.8, 4) is 0 Å². The molecule has 0 saturated carbocycles. The van der Waals surface area contributed by atoms with Gasteiger partial charge in [-0.3, -0.25) is 0 Å². The smallest absolute Gasteiger partial charge is 0.370 e. The molecule has 1 atom stereocenters. The zero-order valence-corrected chi connectivity index (χ0v) is 13.6. The second-order valence-electron chi connectivity index (χ2n) is 4.41. The Morgan fingerprint density at radius 3 is 2.37 bits per heavy atom. The van der Waals surface area contributed by atoms with Crippen LogP contribution in [0.2, 0.25) is 0 Å². The van der Waals surface area contributed by atoms with Gasteiger partial charge in [-0.25, -0.2) is 0 Å². The summed E-state index contributed by atoms with van der Waals surface area (Å²) in [5.41, 5.74) is 0.269. The molecule has 0 heterocycles. The molecule has 0 spiro atoms. The van der Waals surface area contributed by atoms with Crippen molar-refractivity contribution in [2.24, 2.45) is 0 Å². The van der Waals surface area contributed by atoms with Gasteiger partial charge in [0.25, 0.3) is 0 Å². The number of alkyl halides is 4. The van der Waals surface area contributed by atoms with Crippen LogP contribution in [0.15, 0.2) is 28.7 Å². The number of rotatable bonds is 6. The van der Waals surface area contributed by atoms with E-state index in [1.165, 1.54) is 0 Å². The molecule has 0 amide bonds. The monoisotopic (exact) mass is 402 g/mol. The topological polar surface area (TPSA) is 9.23 Å². The van der Waals surface area contributed by atoms with E-state index in [2.05, 4.69) is 31.9 Å². The van der Waals surface area contributed by atoms with Gasteiger partial charge in [-0.2, -0.15) is 13.2 Å². The van der Waals surface area contributed by atoms with Crippen molar-refractivity contribution >= 4 is 31.9 Å². The summed E-state index contributed by atoms with van der Waals surface area (Å²) in [5.74, 6) is 0. The zero-order chi connectivity index (χ0) is 14.5. The van der Waals surface area contributed by atoms with E-state index in [4.69, 9.17) is 4.74 Å². The third-order valence-electron chi connectivity index (χ3n) is 2.72. The van der Waals surface area contributed by atoms with Crippen LogP contribution in [0.1, 0.15) is 25.3 Å². The number of hydrogen-bond donors (Lipinski definition) is 0. The standard InChI is InChI=1S/C13H15Br2F3O/c1-12(9-14,10-5-2-3-6-11(10)15)19-8-4-7-13(16,17)18/h2-3,5-6H,4,7-9H2,1H3. The average molecular weight is 404 g/mol. The fourth-order valence-corrected chi connectivity index (χ4v) is 2.82. The van der Waals surface area contributed by atoms with Crippen LogP contribution in [0, 0.1) is 0 Å². The van der Waals surface area contributed by atoms with Crippen molar-refractivity contribution in [3.05, 3.63) is 34.3 Å². The molecule has 0 fully saturated rings. The van der Waals surface area contributed by atoms with Crippen molar-refractivity contribution in [2.75, 3.05) is 11.9 Å². The minimum atomic E-state index is -4.12. The molecule has 1 aromatic rings. The molecule has 1 unspecified atom stereocenters. The predicted molar refractivity (Wildman–Crippen MR) is 76.5 cm³/mol. The van der Waals surface area contributed by atoms with E-state index in [9.17, 15) is 13.2 Å². The maximum Gasteiger partial charge on any atom is 0.389 e. The van der Waals surface area contributed by atoms with Crippen LogP contribution in [0.5, 0.6) is 0 Å². The average Bonchev–Trinajstić information content (AvgIpc) is 2.34. The SMILES string of the molecule is CC(CBr)(OCCCC(F)(F)F)c1ccccc1Br. The highest BCUT2D eigenvalue weighted by Gasteiger charge is 2.30. The van der Waals surface area contributed by atoms with Gasteiger partial charge in [0.15, 0.2) is 0 Å². The normalized spacial score (nSPS) is 15.3. The van der Waals surface area contributed by atoms with Crippen molar-refractivity contribution in [1.82, 2.24) is 0 Å². The summed E-state index contributed by atoms with van der Waals surface area (Å²) in [7, 11) is 0. The fourth-order valence-electron chi connectivity index (χ4n) is 1.65. The Bertz CT molecular complexity index is 409. The maximum atomic E-state index is 12.1. The number of ether oxygens (including phenoxy) is 1. The molecule has 0 aliphatic rings. The Labute approximate surface area is 127 Å². The maximum absolute atomic E-state index is 12.1. The fraction of sp³-hybridized carbons (Fsp3) is 0.538. The summed E-state index contributed by atoms with van der Waals surface area (Å²) >= 11 is 6.80. The van der Waals surface area contributed by atoms with Crippen molar-refractivity contribution in [1.29, 1.82) is 0 Å². The quantitative estimate of drug-likeness (QED) is 0.455. The Balaban J connectivity index is 2.64. The van der Waals surface area contributed by atoms with Gasteiger partial charge in [0.05, 0.1) is 0 Å². The molecule has 0 N–H and O–H groups in total. The predicted octanol–water partition coefficient (Wildman–Crippen LogP) is 5.42. The molecule has 1 nitrogen and oxygen atoms in total. The first-order chi connectivity index (χ1) is 8.78. The minimum Gasteiger partial charge on any atom is -0.370 e. The van der Waals surface area contributed by atoms with Gasteiger partial charge >= 0.3 is 6.18 Å². The zero-order valence-electron chi connectivity index (χ0n) is 10.4. The second kappa shape index (κ2) is 7.09. The van der Waals surface area contributed by atoms with Gasteiger partial charge in [-0.05, 0) is 25.0 Å². The van der Waals surface area contributed by atoms with Gasteiger partial charge in [0.2, 0.25) is 0 Å². The van der Waals surface area contributed by atoms with Crippen LogP contribution in [-0.4, -0.2) is 18.1 Å². The lowest BCUT2D eigenvalue weighted by molar-refractivity contribution is -0.141. The second-order valence-corrected chi connectivity index (χ2v) is 5.83. The molecule has 0 radical (unpaired) electrons. The van der Waals surface area contributed by atoms with E-state index in [0.29, 0.717) is 5.33 Å². The van der Waals surface area contributed by atoms with Crippen LogP contribution < -0.4 is 0 Å². The van der Waals surface area contributed by atoms with E-state index in [1.807, 2.05) is 31.2 Å². The Morgan fingerprint density at radius 2 is 1.84 bits per heavy atom. The Morgan fingerprint density at radius 1 is 1.21 bits per heavy atom. The van der Waals surface area contributed by atoms with Gasteiger partial charge in [-0.1, -0.05) is 50.1 Å². The molecule has 19 heavy (non-hydrogen) atoms. The molecule has 0 aromatic heterocycles. The highest BCUT2D eigenvalue weighted by molar-refractivity contribution is 9.10. The third kappa shape index (κ3) is 5.44. The highest BCUT2D eigenvalue weighted by Crippen LogP contribution is 2.33. The first kappa shape index (κ1) is 17.0. The third-order valence-corrected chi connectivity index (χ3v) is 4.49. The molecule has 0 aliphatic carbocycles. The summed E-state index contributed by atoms with van der Waals surface area (Å²) in [6.07, 6.45) is -4.97. The van der Waals surface area contributed by atoms with E-state index in [-0.39, 0.29) is 13.0 Å². The molecule has 0 saturated heterocycles. The molecule has 1 aromatic carbocycles. The van der Waals surface area contributed by atoms with Gasteiger partial charge in [0.1, 0.15) is 5.60 Å². The van der Waals surface area contributed by atoms with E-state index >= 15 is 0 Å². The molecule has 0 aliphatic heterocycles.